The van der Waals surface area contributed by atoms with Crippen molar-refractivity contribution in [3.8, 4) is 0 Å². The summed E-state index contributed by atoms with van der Waals surface area (Å²) >= 11 is 0. The summed E-state index contributed by atoms with van der Waals surface area (Å²) in [6.07, 6.45) is 10.8. The van der Waals surface area contributed by atoms with Gasteiger partial charge in [-0.05, 0) is 12.8 Å². The van der Waals surface area contributed by atoms with Crippen molar-refractivity contribution in [3.05, 3.63) is 24.3 Å². The zero-order chi connectivity index (χ0) is 11.8. The van der Waals surface area contributed by atoms with E-state index in [0.717, 1.165) is 39.0 Å². The van der Waals surface area contributed by atoms with Gasteiger partial charge in [-0.25, -0.2) is 0 Å². The van der Waals surface area contributed by atoms with Gasteiger partial charge in [-0.2, -0.15) is 0 Å². The Hall–Kier alpha value is -1.25. The zero-order valence-electron chi connectivity index (χ0n) is 10.4. The van der Waals surface area contributed by atoms with Crippen molar-refractivity contribution in [3.63, 3.8) is 0 Å². The van der Waals surface area contributed by atoms with Gasteiger partial charge in [0.25, 0.3) is 0 Å². The zero-order valence-corrected chi connectivity index (χ0v) is 10.4. The maximum atomic E-state index is 8.02. The second-order valence-corrected chi connectivity index (χ2v) is 3.97. The molecule has 1 fully saturated rings. The quantitative estimate of drug-likeness (QED) is 0.698. The molecular formula is C13H23N3. The first-order chi connectivity index (χ1) is 7.79. The average molecular weight is 221 g/mol. The number of guanidine groups is 1. The lowest BCUT2D eigenvalue weighted by atomic mass is 10.4. The van der Waals surface area contributed by atoms with Crippen LogP contribution in [0.1, 0.15) is 26.7 Å². The predicted molar refractivity (Wildman–Crippen MR) is 69.7 cm³/mol. The fraction of sp³-hybridized carbons (Fsp3) is 0.615. The van der Waals surface area contributed by atoms with E-state index < -0.39 is 0 Å². The molecule has 0 amide bonds. The Morgan fingerprint density at radius 1 is 0.938 bits per heavy atom. The second kappa shape index (κ2) is 7.09. The third-order valence-electron chi connectivity index (χ3n) is 2.70. The smallest absolute Gasteiger partial charge is 0.194 e. The third-order valence-corrected chi connectivity index (χ3v) is 2.70. The SMILES string of the molecule is CC/C=C/CN1CCN(C/C=C/CC)C1=N. The number of hydrogen-bond donors (Lipinski definition) is 1. The second-order valence-electron chi connectivity index (χ2n) is 3.97. The topological polar surface area (TPSA) is 30.3 Å². The molecule has 0 bridgehead atoms. The molecule has 1 aliphatic heterocycles. The Kier molecular flexibility index (Phi) is 5.68. The number of nitrogens with one attached hydrogen (secondary N) is 1. The summed E-state index contributed by atoms with van der Waals surface area (Å²) in [5, 5.41) is 8.02. The summed E-state index contributed by atoms with van der Waals surface area (Å²) in [6, 6.07) is 0. The fourth-order valence-electron chi connectivity index (χ4n) is 1.75. The molecule has 0 aliphatic carbocycles. The van der Waals surface area contributed by atoms with E-state index in [-0.39, 0.29) is 0 Å². The summed E-state index contributed by atoms with van der Waals surface area (Å²) in [4.78, 5) is 4.23. The molecule has 3 heteroatoms. The van der Waals surface area contributed by atoms with E-state index >= 15 is 0 Å². The van der Waals surface area contributed by atoms with E-state index in [0.29, 0.717) is 5.96 Å². The molecule has 1 aliphatic rings. The van der Waals surface area contributed by atoms with Gasteiger partial charge in [-0.3, -0.25) is 5.41 Å². The molecule has 0 radical (unpaired) electrons. The fourth-order valence-corrected chi connectivity index (χ4v) is 1.75. The van der Waals surface area contributed by atoms with Crippen LogP contribution >= 0.6 is 0 Å². The minimum atomic E-state index is 0.668. The highest BCUT2D eigenvalue weighted by atomic mass is 15.4. The van der Waals surface area contributed by atoms with E-state index in [1.807, 2.05) is 0 Å². The van der Waals surface area contributed by atoms with Gasteiger partial charge >= 0.3 is 0 Å². The van der Waals surface area contributed by atoms with Gasteiger partial charge in [0.1, 0.15) is 0 Å². The Bertz CT molecular complexity index is 242. The van der Waals surface area contributed by atoms with Crippen molar-refractivity contribution in [1.82, 2.24) is 9.80 Å². The number of nitrogens with zero attached hydrogens (tertiary/aromatic N) is 2. The van der Waals surface area contributed by atoms with Crippen LogP contribution in [-0.2, 0) is 0 Å². The molecule has 1 rings (SSSR count). The maximum absolute atomic E-state index is 8.02. The van der Waals surface area contributed by atoms with Gasteiger partial charge in [0.2, 0.25) is 0 Å². The summed E-state index contributed by atoms with van der Waals surface area (Å²) in [5.74, 6) is 0.668. The number of allylic oxidation sites excluding steroid dienone is 2. The van der Waals surface area contributed by atoms with E-state index in [1.54, 1.807) is 0 Å². The Labute approximate surface area is 98.9 Å². The van der Waals surface area contributed by atoms with Gasteiger partial charge in [0.05, 0.1) is 0 Å². The van der Waals surface area contributed by atoms with Crippen LogP contribution in [0.25, 0.3) is 0 Å². The van der Waals surface area contributed by atoms with Crippen LogP contribution in [0.2, 0.25) is 0 Å². The normalized spacial score (nSPS) is 17.2. The highest BCUT2D eigenvalue weighted by molar-refractivity contribution is 5.79. The Balaban J connectivity index is 2.35. The lowest BCUT2D eigenvalue weighted by Gasteiger charge is -2.19. The van der Waals surface area contributed by atoms with Crippen molar-refractivity contribution < 1.29 is 0 Å². The maximum Gasteiger partial charge on any atom is 0.194 e. The van der Waals surface area contributed by atoms with E-state index in [9.17, 15) is 0 Å². The van der Waals surface area contributed by atoms with Crippen LogP contribution in [0.3, 0.4) is 0 Å². The first-order valence-electron chi connectivity index (χ1n) is 6.18. The highest BCUT2D eigenvalue weighted by Crippen LogP contribution is 2.07. The molecule has 0 saturated carbocycles. The van der Waals surface area contributed by atoms with Crippen molar-refractivity contribution >= 4 is 5.96 Å². The van der Waals surface area contributed by atoms with E-state index in [2.05, 4.69) is 48.0 Å². The van der Waals surface area contributed by atoms with Gasteiger partial charge in [-0.15, -0.1) is 0 Å². The number of rotatable bonds is 6. The van der Waals surface area contributed by atoms with Crippen LogP contribution in [0.4, 0.5) is 0 Å². The first-order valence-corrected chi connectivity index (χ1v) is 6.18. The van der Waals surface area contributed by atoms with Crippen molar-refractivity contribution in [2.24, 2.45) is 0 Å². The molecular weight excluding hydrogens is 198 g/mol. The van der Waals surface area contributed by atoms with Crippen LogP contribution < -0.4 is 0 Å². The minimum Gasteiger partial charge on any atom is -0.338 e. The standard InChI is InChI=1S/C13H23N3/c1-3-5-7-9-15-11-12-16(13(15)14)10-8-6-4-2/h5-8,14H,3-4,9-12H2,1-2H3/b7-5+,8-6+. The molecule has 0 aromatic heterocycles. The van der Waals surface area contributed by atoms with E-state index in [4.69, 9.17) is 5.41 Å². The molecule has 0 spiro atoms. The van der Waals surface area contributed by atoms with Gasteiger partial charge in [0.15, 0.2) is 5.96 Å². The molecule has 0 atom stereocenters. The van der Waals surface area contributed by atoms with Crippen molar-refractivity contribution in [2.45, 2.75) is 26.7 Å². The van der Waals surface area contributed by atoms with Gasteiger partial charge in [0, 0.05) is 26.2 Å². The van der Waals surface area contributed by atoms with Gasteiger partial charge in [-0.1, -0.05) is 38.2 Å². The third kappa shape index (κ3) is 3.72. The van der Waals surface area contributed by atoms with Crippen LogP contribution in [0.15, 0.2) is 24.3 Å². The van der Waals surface area contributed by atoms with Crippen LogP contribution in [0, 0.1) is 5.41 Å². The van der Waals surface area contributed by atoms with Gasteiger partial charge < -0.3 is 9.80 Å². The first kappa shape index (κ1) is 12.8. The Morgan fingerprint density at radius 2 is 1.38 bits per heavy atom. The van der Waals surface area contributed by atoms with Crippen molar-refractivity contribution in [2.75, 3.05) is 26.2 Å². The molecule has 1 heterocycles. The molecule has 1 N–H and O–H groups in total. The lowest BCUT2D eigenvalue weighted by molar-refractivity contribution is 0.508. The molecule has 0 aromatic carbocycles. The minimum absolute atomic E-state index is 0.668. The largest absolute Gasteiger partial charge is 0.338 e. The Morgan fingerprint density at radius 3 is 1.75 bits per heavy atom. The van der Waals surface area contributed by atoms with Crippen molar-refractivity contribution in [1.29, 1.82) is 5.41 Å². The average Bonchev–Trinajstić information content (AvgIpc) is 2.62. The molecule has 0 unspecified atom stereocenters. The van der Waals surface area contributed by atoms with E-state index in [1.165, 1.54) is 0 Å². The predicted octanol–water partition coefficient (Wildman–Crippen LogP) is 2.47. The lowest BCUT2D eigenvalue weighted by Crippen LogP contribution is -2.32. The molecule has 16 heavy (non-hydrogen) atoms. The summed E-state index contributed by atoms with van der Waals surface area (Å²) in [7, 11) is 0. The van der Waals surface area contributed by atoms with Crippen LogP contribution in [-0.4, -0.2) is 41.9 Å². The monoisotopic (exact) mass is 221 g/mol. The summed E-state index contributed by atoms with van der Waals surface area (Å²) < 4.78 is 0. The van der Waals surface area contributed by atoms with Crippen LogP contribution in [0.5, 0.6) is 0 Å². The molecule has 90 valence electrons. The molecule has 0 aromatic rings. The highest BCUT2D eigenvalue weighted by Gasteiger charge is 2.22. The summed E-state index contributed by atoms with van der Waals surface area (Å²) in [6.45, 7) is 7.97. The molecule has 3 nitrogen and oxygen atoms in total. The summed E-state index contributed by atoms with van der Waals surface area (Å²) in [5.41, 5.74) is 0. The molecule has 1 saturated heterocycles. The number of hydrogen-bond acceptors (Lipinski definition) is 1.